The fourth-order valence-corrected chi connectivity index (χ4v) is 6.00. The van der Waals surface area contributed by atoms with Gasteiger partial charge in [0.2, 0.25) is 0 Å². The highest BCUT2D eigenvalue weighted by Crippen LogP contribution is 2.42. The molecule has 0 amide bonds. The molecule has 1 aromatic heterocycles. The Bertz CT molecular complexity index is 1870. The number of anilines is 4. The highest BCUT2D eigenvalue weighted by Gasteiger charge is 2.12. The minimum atomic E-state index is 1.07. The Morgan fingerprint density at radius 1 is 0.429 bits per heavy atom. The molecule has 7 aromatic rings. The van der Waals surface area contributed by atoms with Crippen molar-refractivity contribution in [3.8, 4) is 0 Å². The lowest BCUT2D eigenvalue weighted by molar-refractivity contribution is 1.57. The van der Waals surface area contributed by atoms with Crippen LogP contribution in [0.1, 0.15) is 0 Å². The molecule has 0 saturated heterocycles. The Morgan fingerprint density at radius 2 is 1.03 bits per heavy atom. The molecule has 0 bridgehead atoms. The molecule has 7 rings (SSSR count). The number of benzene rings is 6. The maximum absolute atomic E-state index is 3.73. The van der Waals surface area contributed by atoms with Gasteiger partial charge in [-0.25, -0.2) is 0 Å². The van der Waals surface area contributed by atoms with Gasteiger partial charge in [0.05, 0.1) is 10.4 Å². The first-order valence-electron chi connectivity index (χ1n) is 11.8. The molecule has 2 nitrogen and oxygen atoms in total. The number of rotatable bonds is 4. The molecule has 0 aliphatic carbocycles. The van der Waals surface area contributed by atoms with Gasteiger partial charge >= 0.3 is 0 Å². The summed E-state index contributed by atoms with van der Waals surface area (Å²) in [4.78, 5) is 0. The smallest absolute Gasteiger partial charge is 0.0591 e. The SMILES string of the molecule is c1ccc2cc(Nc3cc(Nc4ccc5ccccc5c4)c4sc5ccccc5c4c3)ccc2c1. The van der Waals surface area contributed by atoms with Crippen molar-refractivity contribution in [3.63, 3.8) is 0 Å². The van der Waals surface area contributed by atoms with Gasteiger partial charge in [0, 0.05) is 32.5 Å². The summed E-state index contributed by atoms with van der Waals surface area (Å²) < 4.78 is 2.57. The highest BCUT2D eigenvalue weighted by atomic mass is 32.1. The van der Waals surface area contributed by atoms with Crippen LogP contribution >= 0.6 is 11.3 Å². The Labute approximate surface area is 207 Å². The third-order valence-electron chi connectivity index (χ3n) is 6.54. The zero-order valence-corrected chi connectivity index (χ0v) is 19.8. The van der Waals surface area contributed by atoms with Crippen molar-refractivity contribution >= 4 is 75.8 Å². The molecule has 0 radical (unpaired) electrons. The molecule has 0 saturated carbocycles. The largest absolute Gasteiger partial charge is 0.355 e. The minimum absolute atomic E-state index is 1.07. The minimum Gasteiger partial charge on any atom is -0.355 e. The quantitative estimate of drug-likeness (QED) is 0.270. The van der Waals surface area contributed by atoms with Gasteiger partial charge in [0.25, 0.3) is 0 Å². The Morgan fingerprint density at radius 3 is 1.74 bits per heavy atom. The van der Waals surface area contributed by atoms with E-state index in [0.29, 0.717) is 0 Å². The third kappa shape index (κ3) is 3.67. The second-order valence-corrected chi connectivity index (χ2v) is 9.92. The lowest BCUT2D eigenvalue weighted by Gasteiger charge is -2.13. The zero-order chi connectivity index (χ0) is 23.2. The second-order valence-electron chi connectivity index (χ2n) is 8.87. The van der Waals surface area contributed by atoms with Gasteiger partial charge in [-0.3, -0.25) is 0 Å². The average molecular weight is 467 g/mol. The maximum atomic E-state index is 3.73. The zero-order valence-electron chi connectivity index (χ0n) is 19.0. The molecule has 0 aliphatic rings. The topological polar surface area (TPSA) is 24.1 Å². The Kier molecular flexibility index (Phi) is 4.68. The van der Waals surface area contributed by atoms with Gasteiger partial charge in [-0.05, 0) is 64.0 Å². The van der Waals surface area contributed by atoms with E-state index in [1.807, 2.05) is 11.3 Å². The predicted molar refractivity (Wildman–Crippen MR) is 154 cm³/mol. The van der Waals surface area contributed by atoms with E-state index in [4.69, 9.17) is 0 Å². The normalized spacial score (nSPS) is 11.4. The molecule has 0 spiro atoms. The lowest BCUT2D eigenvalue weighted by Crippen LogP contribution is -1.95. The lowest BCUT2D eigenvalue weighted by atomic mass is 10.1. The Hall–Kier alpha value is -4.34. The fourth-order valence-electron chi connectivity index (χ4n) is 4.85. The number of nitrogens with one attached hydrogen (secondary N) is 2. The van der Waals surface area contributed by atoms with E-state index in [1.165, 1.54) is 41.7 Å². The maximum Gasteiger partial charge on any atom is 0.0591 e. The van der Waals surface area contributed by atoms with Crippen LogP contribution in [0.15, 0.2) is 121 Å². The summed E-state index contributed by atoms with van der Waals surface area (Å²) in [5.74, 6) is 0. The molecule has 0 aliphatic heterocycles. The highest BCUT2D eigenvalue weighted by molar-refractivity contribution is 7.26. The summed E-state index contributed by atoms with van der Waals surface area (Å²) in [6.45, 7) is 0. The van der Waals surface area contributed by atoms with E-state index in [9.17, 15) is 0 Å². The van der Waals surface area contributed by atoms with Crippen molar-refractivity contribution in [2.45, 2.75) is 0 Å². The number of hydrogen-bond donors (Lipinski definition) is 2. The van der Waals surface area contributed by atoms with Crippen molar-refractivity contribution in [1.29, 1.82) is 0 Å². The van der Waals surface area contributed by atoms with Crippen molar-refractivity contribution in [3.05, 3.63) is 121 Å². The molecule has 0 atom stereocenters. The number of thiophene rings is 1. The van der Waals surface area contributed by atoms with Crippen molar-refractivity contribution < 1.29 is 0 Å². The van der Waals surface area contributed by atoms with E-state index in [2.05, 4.69) is 132 Å². The third-order valence-corrected chi connectivity index (χ3v) is 7.76. The van der Waals surface area contributed by atoms with Crippen LogP contribution in [0.4, 0.5) is 22.7 Å². The summed E-state index contributed by atoms with van der Waals surface area (Å²) in [6, 6.07) is 43.2. The number of hydrogen-bond acceptors (Lipinski definition) is 3. The summed E-state index contributed by atoms with van der Waals surface area (Å²) in [6.07, 6.45) is 0. The fraction of sp³-hybridized carbons (Fsp3) is 0. The van der Waals surface area contributed by atoms with Crippen molar-refractivity contribution in [2.75, 3.05) is 10.6 Å². The van der Waals surface area contributed by atoms with Gasteiger partial charge in [0.15, 0.2) is 0 Å². The first kappa shape index (κ1) is 20.1. The summed E-state index contributed by atoms with van der Waals surface area (Å²) in [5, 5.41) is 14.9. The van der Waals surface area contributed by atoms with Gasteiger partial charge < -0.3 is 10.6 Å². The van der Waals surface area contributed by atoms with E-state index in [-0.39, 0.29) is 0 Å². The van der Waals surface area contributed by atoms with Crippen LogP contribution < -0.4 is 10.6 Å². The average Bonchev–Trinajstić information content (AvgIpc) is 3.28. The van der Waals surface area contributed by atoms with Crippen LogP contribution in [-0.4, -0.2) is 0 Å². The molecule has 0 unspecified atom stereocenters. The molecule has 6 aromatic carbocycles. The van der Waals surface area contributed by atoms with Crippen molar-refractivity contribution in [2.24, 2.45) is 0 Å². The van der Waals surface area contributed by atoms with Crippen LogP contribution in [0.25, 0.3) is 41.7 Å². The summed E-state index contributed by atoms with van der Waals surface area (Å²) in [5.41, 5.74) is 4.35. The van der Waals surface area contributed by atoms with E-state index < -0.39 is 0 Å². The van der Waals surface area contributed by atoms with Crippen LogP contribution in [0.3, 0.4) is 0 Å². The molecular formula is C32H22N2S. The molecule has 1 heterocycles. The van der Waals surface area contributed by atoms with Crippen LogP contribution in [0.5, 0.6) is 0 Å². The van der Waals surface area contributed by atoms with Crippen LogP contribution in [-0.2, 0) is 0 Å². The predicted octanol–water partition coefficient (Wildman–Crippen LogP) is 9.85. The van der Waals surface area contributed by atoms with Gasteiger partial charge in [-0.15, -0.1) is 11.3 Å². The Balaban J connectivity index is 1.35. The van der Waals surface area contributed by atoms with E-state index in [1.54, 1.807) is 0 Å². The molecule has 3 heteroatoms. The van der Waals surface area contributed by atoms with Crippen molar-refractivity contribution in [1.82, 2.24) is 0 Å². The van der Waals surface area contributed by atoms with Gasteiger partial charge in [-0.2, -0.15) is 0 Å². The summed E-state index contributed by atoms with van der Waals surface area (Å²) in [7, 11) is 0. The molecule has 35 heavy (non-hydrogen) atoms. The monoisotopic (exact) mass is 466 g/mol. The molecular weight excluding hydrogens is 444 g/mol. The standard InChI is InChI=1S/C32H22N2S/c1-3-9-23-17-25(15-13-21(23)7-1)33-27-19-29-28-11-5-6-12-31(28)35-32(29)30(20-27)34-26-16-14-22-8-2-4-10-24(22)18-26/h1-20,33-34H. The summed E-state index contributed by atoms with van der Waals surface area (Å²) >= 11 is 1.84. The van der Waals surface area contributed by atoms with Gasteiger partial charge in [-0.1, -0.05) is 78.9 Å². The molecule has 0 fully saturated rings. The first-order valence-corrected chi connectivity index (χ1v) is 12.6. The molecule has 2 N–H and O–H groups in total. The van der Waals surface area contributed by atoms with Gasteiger partial charge in [0.1, 0.15) is 0 Å². The first-order chi connectivity index (χ1) is 17.3. The van der Waals surface area contributed by atoms with Crippen LogP contribution in [0.2, 0.25) is 0 Å². The second kappa shape index (κ2) is 8.15. The van der Waals surface area contributed by atoms with Crippen LogP contribution in [0, 0.1) is 0 Å². The number of fused-ring (bicyclic) bond motifs is 5. The van der Waals surface area contributed by atoms with E-state index in [0.717, 1.165) is 22.7 Å². The van der Waals surface area contributed by atoms with E-state index >= 15 is 0 Å². The molecule has 166 valence electrons.